The monoisotopic (exact) mass is 502 g/mol. The molecule has 0 fully saturated rings. The maximum atomic E-state index is 2.57. The molecule has 0 N–H and O–H groups in total. The van der Waals surface area contributed by atoms with Gasteiger partial charge in [-0.1, -0.05) is 89.3 Å². The molecule has 0 spiro atoms. The van der Waals surface area contributed by atoms with Gasteiger partial charge in [-0.2, -0.15) is 0 Å². The van der Waals surface area contributed by atoms with Crippen LogP contribution >= 0.6 is 0 Å². The van der Waals surface area contributed by atoms with Gasteiger partial charge >= 0.3 is 0 Å². The van der Waals surface area contributed by atoms with Crippen molar-refractivity contribution in [1.29, 1.82) is 0 Å². The summed E-state index contributed by atoms with van der Waals surface area (Å²) >= 11 is 0. The predicted molar refractivity (Wildman–Crippen MR) is 161 cm³/mol. The molecule has 1 aromatic heterocycles. The summed E-state index contributed by atoms with van der Waals surface area (Å²) < 4.78 is 2.28. The smallest absolute Gasteiger partial charge is 0.201 e. The SMILES string of the molecule is Cc1ccc2c(c1-c1cccc[n+]1C)[Si](C)(C)c1c(-c3ccc4c(c3)C(C)(C)CCC4(C)C)cccc1-2. The van der Waals surface area contributed by atoms with E-state index in [1.807, 2.05) is 0 Å². The van der Waals surface area contributed by atoms with Crippen LogP contribution in [0.15, 0.2) is 72.9 Å². The number of aryl methyl sites for hydroxylation is 2. The van der Waals surface area contributed by atoms with Crippen LogP contribution in [0.4, 0.5) is 0 Å². The minimum atomic E-state index is -2.00. The van der Waals surface area contributed by atoms with Crippen LogP contribution in [-0.2, 0) is 17.9 Å². The van der Waals surface area contributed by atoms with Gasteiger partial charge < -0.3 is 0 Å². The Hall–Kier alpha value is -2.97. The molecular formula is C35H40NSi+. The van der Waals surface area contributed by atoms with E-state index in [9.17, 15) is 0 Å². The number of fused-ring (bicyclic) bond motifs is 4. The third-order valence-corrected chi connectivity index (χ3v) is 13.1. The lowest BCUT2D eigenvalue weighted by Gasteiger charge is -2.42. The van der Waals surface area contributed by atoms with Crippen molar-refractivity contribution < 1.29 is 4.57 Å². The molecule has 1 nitrogen and oxygen atoms in total. The molecule has 0 saturated carbocycles. The Labute approximate surface area is 224 Å². The lowest BCUT2D eigenvalue weighted by molar-refractivity contribution is -0.660. The van der Waals surface area contributed by atoms with E-state index >= 15 is 0 Å². The van der Waals surface area contributed by atoms with Crippen LogP contribution in [0.1, 0.15) is 57.2 Å². The quantitative estimate of drug-likeness (QED) is 0.200. The van der Waals surface area contributed by atoms with E-state index in [4.69, 9.17) is 0 Å². The highest BCUT2D eigenvalue weighted by Crippen LogP contribution is 2.47. The summed E-state index contributed by atoms with van der Waals surface area (Å²) in [5.74, 6) is 0. The number of rotatable bonds is 2. The Morgan fingerprint density at radius 3 is 2.11 bits per heavy atom. The number of aromatic nitrogens is 1. The minimum Gasteiger partial charge on any atom is -0.201 e. The van der Waals surface area contributed by atoms with Crippen molar-refractivity contribution in [2.24, 2.45) is 7.05 Å². The lowest BCUT2D eigenvalue weighted by atomic mass is 9.63. The van der Waals surface area contributed by atoms with Crippen molar-refractivity contribution in [2.75, 3.05) is 0 Å². The molecule has 0 unspecified atom stereocenters. The molecule has 4 aromatic rings. The molecule has 0 saturated heterocycles. The number of benzene rings is 3. The molecule has 0 amide bonds. The maximum absolute atomic E-state index is 2.57. The normalized spacial score (nSPS) is 18.2. The molecule has 188 valence electrons. The van der Waals surface area contributed by atoms with Crippen LogP contribution in [-0.4, -0.2) is 8.07 Å². The van der Waals surface area contributed by atoms with Gasteiger partial charge in [0, 0.05) is 17.7 Å². The van der Waals surface area contributed by atoms with Crippen LogP contribution in [0.3, 0.4) is 0 Å². The van der Waals surface area contributed by atoms with Crippen LogP contribution in [0.2, 0.25) is 13.1 Å². The molecule has 2 heteroatoms. The van der Waals surface area contributed by atoms with Crippen molar-refractivity contribution in [3.8, 4) is 33.5 Å². The summed E-state index contributed by atoms with van der Waals surface area (Å²) in [5, 5.41) is 3.19. The van der Waals surface area contributed by atoms with Crippen LogP contribution in [0, 0.1) is 6.92 Å². The Morgan fingerprint density at radius 1 is 0.703 bits per heavy atom. The first-order valence-corrected chi connectivity index (χ1v) is 16.8. The second kappa shape index (κ2) is 8.01. The first kappa shape index (κ1) is 24.4. The average Bonchev–Trinajstić information content (AvgIpc) is 3.09. The van der Waals surface area contributed by atoms with E-state index < -0.39 is 8.07 Å². The maximum Gasteiger partial charge on any atom is 0.212 e. The topological polar surface area (TPSA) is 3.88 Å². The Kier molecular flexibility index (Phi) is 5.28. The van der Waals surface area contributed by atoms with Crippen molar-refractivity contribution >= 4 is 18.4 Å². The van der Waals surface area contributed by atoms with Gasteiger partial charge in [0.15, 0.2) is 6.20 Å². The molecule has 2 heterocycles. The fourth-order valence-corrected chi connectivity index (χ4v) is 11.1. The Bertz CT molecular complexity index is 1570. The van der Waals surface area contributed by atoms with Crippen LogP contribution in [0.25, 0.3) is 33.5 Å². The van der Waals surface area contributed by atoms with Gasteiger partial charge in [-0.15, -0.1) is 0 Å². The fourth-order valence-electron chi connectivity index (χ4n) is 7.27. The van der Waals surface area contributed by atoms with Crippen molar-refractivity contribution in [1.82, 2.24) is 0 Å². The van der Waals surface area contributed by atoms with Crippen LogP contribution in [0.5, 0.6) is 0 Å². The minimum absolute atomic E-state index is 0.209. The molecule has 6 rings (SSSR count). The number of hydrogen-bond acceptors (Lipinski definition) is 0. The van der Waals surface area contributed by atoms with E-state index in [0.717, 1.165) is 0 Å². The summed E-state index contributed by atoms with van der Waals surface area (Å²) in [6.45, 7) is 17.1. The zero-order chi connectivity index (χ0) is 26.3. The Balaban J connectivity index is 1.60. The lowest BCUT2D eigenvalue weighted by Crippen LogP contribution is -2.51. The molecule has 1 aliphatic carbocycles. The third kappa shape index (κ3) is 3.52. The van der Waals surface area contributed by atoms with Gasteiger partial charge in [0.1, 0.15) is 15.1 Å². The molecule has 37 heavy (non-hydrogen) atoms. The molecule has 2 aliphatic rings. The summed E-state index contributed by atoms with van der Waals surface area (Å²) in [5.41, 5.74) is 13.4. The standard InChI is InChI=1S/C35H40NSi/c1-23-15-17-27-26-13-11-12-25(24-16-18-28-29(22-24)35(4,5)20-19-34(28,2)3)32(26)37(7,8)33(27)31(23)30-14-9-10-21-36(30)6/h9-18,21-22H,19-20H2,1-8H3/q+1. The van der Waals surface area contributed by atoms with E-state index in [2.05, 4.69) is 132 Å². The van der Waals surface area contributed by atoms with Gasteiger partial charge in [0.2, 0.25) is 5.69 Å². The summed E-state index contributed by atoms with van der Waals surface area (Å²) in [4.78, 5) is 0. The molecular weight excluding hydrogens is 462 g/mol. The number of hydrogen-bond donors (Lipinski definition) is 0. The average molecular weight is 503 g/mol. The van der Waals surface area contributed by atoms with Gasteiger partial charge in [0.05, 0.1) is 0 Å². The zero-order valence-electron chi connectivity index (χ0n) is 23.8. The first-order valence-electron chi connectivity index (χ1n) is 13.8. The summed E-state index contributed by atoms with van der Waals surface area (Å²) in [7, 11) is 0.170. The Morgan fingerprint density at radius 2 is 1.38 bits per heavy atom. The molecule has 1 aliphatic heterocycles. The first-order chi connectivity index (χ1) is 17.4. The highest BCUT2D eigenvalue weighted by atomic mass is 28.3. The van der Waals surface area contributed by atoms with Gasteiger partial charge in [-0.3, -0.25) is 0 Å². The highest BCUT2D eigenvalue weighted by Gasteiger charge is 2.43. The second-order valence-electron chi connectivity index (χ2n) is 13.3. The van der Waals surface area contributed by atoms with Crippen LogP contribution < -0.4 is 14.9 Å². The van der Waals surface area contributed by atoms with E-state index in [1.54, 1.807) is 15.9 Å². The van der Waals surface area contributed by atoms with Crippen molar-refractivity contribution in [3.63, 3.8) is 0 Å². The zero-order valence-corrected chi connectivity index (χ0v) is 24.8. The fraction of sp³-hybridized carbons (Fsp3) is 0.343. The van der Waals surface area contributed by atoms with E-state index in [-0.39, 0.29) is 10.8 Å². The van der Waals surface area contributed by atoms with Gasteiger partial charge in [0.25, 0.3) is 0 Å². The van der Waals surface area contributed by atoms with E-state index in [0.29, 0.717) is 0 Å². The highest BCUT2D eigenvalue weighted by molar-refractivity contribution is 7.05. The summed E-state index contributed by atoms with van der Waals surface area (Å²) in [6.07, 6.45) is 4.67. The molecule has 0 radical (unpaired) electrons. The van der Waals surface area contributed by atoms with Gasteiger partial charge in [-0.25, -0.2) is 4.57 Å². The third-order valence-electron chi connectivity index (χ3n) is 9.49. The molecule has 0 atom stereocenters. The molecule has 0 bridgehead atoms. The number of nitrogens with zero attached hydrogens (tertiary/aromatic N) is 1. The number of pyridine rings is 1. The predicted octanol–water partition coefficient (Wildman–Crippen LogP) is 7.31. The molecule has 3 aromatic carbocycles. The second-order valence-corrected chi connectivity index (χ2v) is 17.5. The summed E-state index contributed by atoms with van der Waals surface area (Å²) in [6, 6.07) is 25.7. The van der Waals surface area contributed by atoms with Gasteiger partial charge in [-0.05, 0) is 86.0 Å². The van der Waals surface area contributed by atoms with Crippen molar-refractivity contribution in [3.05, 3.63) is 89.6 Å². The van der Waals surface area contributed by atoms with Crippen molar-refractivity contribution in [2.45, 2.75) is 71.4 Å². The largest absolute Gasteiger partial charge is 0.212 e. The van der Waals surface area contributed by atoms with E-state index in [1.165, 1.54) is 57.5 Å².